The zero-order valence-electron chi connectivity index (χ0n) is 13.4. The summed E-state index contributed by atoms with van der Waals surface area (Å²) in [5.41, 5.74) is 2.78. The first-order valence-electron chi connectivity index (χ1n) is 7.53. The van der Waals surface area contributed by atoms with Gasteiger partial charge in [-0.15, -0.1) is 11.8 Å². The van der Waals surface area contributed by atoms with Gasteiger partial charge in [-0.05, 0) is 42.3 Å². The summed E-state index contributed by atoms with van der Waals surface area (Å²) in [5.74, 6) is -0.348. The van der Waals surface area contributed by atoms with Crippen molar-refractivity contribution in [3.63, 3.8) is 0 Å². The summed E-state index contributed by atoms with van der Waals surface area (Å²) < 4.78 is 14.2. The Kier molecular flexibility index (Phi) is 4.57. The van der Waals surface area contributed by atoms with Gasteiger partial charge in [0, 0.05) is 12.6 Å². The van der Waals surface area contributed by atoms with E-state index in [0.717, 1.165) is 11.1 Å². The molecule has 2 aromatic carbocycles. The number of nitrogens with one attached hydrogen (secondary N) is 1. The highest BCUT2D eigenvalue weighted by Gasteiger charge is 2.35. The predicted octanol–water partition coefficient (Wildman–Crippen LogP) is 3.87. The smallest absolute Gasteiger partial charge is 0.238 e. The minimum atomic E-state index is -0.406. The summed E-state index contributed by atoms with van der Waals surface area (Å²) in [6.07, 6.45) is 0. The number of carbonyl (C=O) groups is 2. The Bertz CT molecular complexity index is 792. The lowest BCUT2D eigenvalue weighted by Crippen LogP contribution is -2.28. The summed E-state index contributed by atoms with van der Waals surface area (Å²) >= 11 is 1.46. The lowest BCUT2D eigenvalue weighted by molar-refractivity contribution is -0.116. The van der Waals surface area contributed by atoms with E-state index in [1.165, 1.54) is 29.7 Å². The standard InChI is InChI=1S/C18H17FN2O2S/c1-11-3-8-15(19)16(9-11)21-17(23)10-24-18(21)13-4-6-14(7-5-13)20-12(2)22/h3-9,18H,10H2,1-2H3,(H,20,22)/t18-/m1/s1. The number of halogens is 1. The molecule has 1 atom stereocenters. The lowest BCUT2D eigenvalue weighted by Gasteiger charge is -2.25. The zero-order chi connectivity index (χ0) is 17.3. The molecule has 0 bridgehead atoms. The van der Waals surface area contributed by atoms with E-state index >= 15 is 0 Å². The number of aryl methyl sites for hydroxylation is 1. The molecule has 124 valence electrons. The van der Waals surface area contributed by atoms with Gasteiger partial charge in [0.25, 0.3) is 0 Å². The molecule has 0 aromatic heterocycles. The third kappa shape index (κ3) is 3.28. The Hall–Kier alpha value is -2.34. The van der Waals surface area contributed by atoms with Gasteiger partial charge in [-0.25, -0.2) is 4.39 Å². The Labute approximate surface area is 144 Å². The van der Waals surface area contributed by atoms with Crippen LogP contribution in [0.3, 0.4) is 0 Å². The Morgan fingerprint density at radius 2 is 1.96 bits per heavy atom. The van der Waals surface area contributed by atoms with Crippen molar-refractivity contribution >= 4 is 35.0 Å². The van der Waals surface area contributed by atoms with Crippen LogP contribution in [0.15, 0.2) is 42.5 Å². The average Bonchev–Trinajstić information content (AvgIpc) is 2.91. The van der Waals surface area contributed by atoms with Crippen LogP contribution in [0.25, 0.3) is 0 Å². The number of rotatable bonds is 3. The fourth-order valence-corrected chi connectivity index (χ4v) is 3.84. The molecule has 3 rings (SSSR count). The van der Waals surface area contributed by atoms with Crippen LogP contribution in [0, 0.1) is 12.7 Å². The first-order chi connectivity index (χ1) is 11.5. The van der Waals surface area contributed by atoms with E-state index in [9.17, 15) is 14.0 Å². The highest BCUT2D eigenvalue weighted by atomic mass is 32.2. The summed E-state index contributed by atoms with van der Waals surface area (Å²) in [6.45, 7) is 3.31. The van der Waals surface area contributed by atoms with Crippen molar-refractivity contribution < 1.29 is 14.0 Å². The molecule has 6 heteroatoms. The maximum absolute atomic E-state index is 14.2. The van der Waals surface area contributed by atoms with Gasteiger partial charge in [-0.2, -0.15) is 0 Å². The third-order valence-corrected chi connectivity index (χ3v) is 4.96. The van der Waals surface area contributed by atoms with Crippen LogP contribution in [-0.4, -0.2) is 17.6 Å². The van der Waals surface area contributed by atoms with Gasteiger partial charge in [0.05, 0.1) is 11.4 Å². The minimum Gasteiger partial charge on any atom is -0.326 e. The zero-order valence-corrected chi connectivity index (χ0v) is 14.2. The van der Waals surface area contributed by atoms with E-state index in [2.05, 4.69) is 5.32 Å². The molecule has 1 fully saturated rings. The summed E-state index contributed by atoms with van der Waals surface area (Å²) in [7, 11) is 0. The van der Waals surface area contributed by atoms with Crippen molar-refractivity contribution in [1.82, 2.24) is 0 Å². The number of anilines is 2. The minimum absolute atomic E-state index is 0.111. The molecule has 1 N–H and O–H groups in total. The molecule has 0 spiro atoms. The fourth-order valence-electron chi connectivity index (χ4n) is 2.67. The van der Waals surface area contributed by atoms with Crippen LogP contribution in [0.5, 0.6) is 0 Å². The number of hydrogen-bond acceptors (Lipinski definition) is 3. The molecular formula is C18H17FN2O2S. The third-order valence-electron chi connectivity index (χ3n) is 3.75. The second-order valence-electron chi connectivity index (χ2n) is 5.69. The van der Waals surface area contributed by atoms with Gasteiger partial charge in [-0.3, -0.25) is 14.5 Å². The largest absolute Gasteiger partial charge is 0.326 e. The molecule has 2 amide bonds. The molecule has 1 aliphatic heterocycles. The molecule has 0 radical (unpaired) electrons. The second kappa shape index (κ2) is 6.65. The number of hydrogen-bond donors (Lipinski definition) is 1. The molecule has 1 heterocycles. The topological polar surface area (TPSA) is 49.4 Å². The first-order valence-corrected chi connectivity index (χ1v) is 8.58. The van der Waals surface area contributed by atoms with Crippen molar-refractivity contribution in [3.05, 3.63) is 59.4 Å². The van der Waals surface area contributed by atoms with E-state index in [0.29, 0.717) is 17.1 Å². The summed E-state index contributed by atoms with van der Waals surface area (Å²) in [6, 6.07) is 12.0. The van der Waals surface area contributed by atoms with Crippen molar-refractivity contribution in [2.24, 2.45) is 0 Å². The van der Waals surface area contributed by atoms with Gasteiger partial charge in [0.1, 0.15) is 11.2 Å². The fraction of sp³-hybridized carbons (Fsp3) is 0.222. The van der Waals surface area contributed by atoms with E-state index in [-0.39, 0.29) is 17.2 Å². The van der Waals surface area contributed by atoms with Crippen molar-refractivity contribution in [2.75, 3.05) is 16.0 Å². The van der Waals surface area contributed by atoms with Crippen molar-refractivity contribution in [3.8, 4) is 0 Å². The maximum atomic E-state index is 14.2. The predicted molar refractivity (Wildman–Crippen MR) is 94.6 cm³/mol. The molecular weight excluding hydrogens is 327 g/mol. The normalized spacial score (nSPS) is 17.2. The molecule has 24 heavy (non-hydrogen) atoms. The molecule has 4 nitrogen and oxygen atoms in total. The highest BCUT2D eigenvalue weighted by Crippen LogP contribution is 2.42. The average molecular weight is 344 g/mol. The Balaban J connectivity index is 1.93. The van der Waals surface area contributed by atoms with Crippen molar-refractivity contribution in [1.29, 1.82) is 0 Å². The van der Waals surface area contributed by atoms with E-state index in [4.69, 9.17) is 0 Å². The van der Waals surface area contributed by atoms with Gasteiger partial charge >= 0.3 is 0 Å². The molecule has 1 aliphatic rings. The molecule has 0 saturated carbocycles. The Morgan fingerprint density at radius 3 is 2.62 bits per heavy atom. The van der Waals surface area contributed by atoms with Crippen LogP contribution in [0.2, 0.25) is 0 Å². The van der Waals surface area contributed by atoms with Crippen LogP contribution >= 0.6 is 11.8 Å². The first kappa shape index (κ1) is 16.5. The van der Waals surface area contributed by atoms with Gasteiger partial charge in [0.2, 0.25) is 11.8 Å². The number of carbonyl (C=O) groups excluding carboxylic acids is 2. The Morgan fingerprint density at radius 1 is 1.25 bits per heavy atom. The maximum Gasteiger partial charge on any atom is 0.238 e. The number of amides is 2. The SMILES string of the molecule is CC(=O)Nc1ccc([C@H]2SCC(=O)N2c2cc(C)ccc2F)cc1. The monoisotopic (exact) mass is 344 g/mol. The lowest BCUT2D eigenvalue weighted by atomic mass is 10.1. The molecule has 0 unspecified atom stereocenters. The van der Waals surface area contributed by atoms with Crippen LogP contribution in [0.4, 0.5) is 15.8 Å². The van der Waals surface area contributed by atoms with Gasteiger partial charge in [0.15, 0.2) is 0 Å². The molecule has 0 aliphatic carbocycles. The molecule has 2 aromatic rings. The van der Waals surface area contributed by atoms with Crippen molar-refractivity contribution in [2.45, 2.75) is 19.2 Å². The van der Waals surface area contributed by atoms with Crippen LogP contribution in [0.1, 0.15) is 23.4 Å². The number of thioether (sulfide) groups is 1. The highest BCUT2D eigenvalue weighted by molar-refractivity contribution is 8.00. The summed E-state index contributed by atoms with van der Waals surface area (Å²) in [4.78, 5) is 24.9. The van der Waals surface area contributed by atoms with Gasteiger partial charge < -0.3 is 5.32 Å². The van der Waals surface area contributed by atoms with E-state index < -0.39 is 5.82 Å². The summed E-state index contributed by atoms with van der Waals surface area (Å²) in [5, 5.41) is 2.43. The van der Waals surface area contributed by atoms with Crippen LogP contribution in [-0.2, 0) is 9.59 Å². The quantitative estimate of drug-likeness (QED) is 0.919. The van der Waals surface area contributed by atoms with Crippen LogP contribution < -0.4 is 10.2 Å². The second-order valence-corrected chi connectivity index (χ2v) is 6.75. The number of nitrogens with zero attached hydrogens (tertiary/aromatic N) is 1. The number of benzene rings is 2. The van der Waals surface area contributed by atoms with E-state index in [1.54, 1.807) is 24.3 Å². The van der Waals surface area contributed by atoms with Gasteiger partial charge in [-0.1, -0.05) is 18.2 Å². The molecule has 1 saturated heterocycles. The van der Waals surface area contributed by atoms with E-state index in [1.807, 2.05) is 19.1 Å².